The number of aromatic amines is 1. The number of rotatable bonds is 3. The van der Waals surface area contributed by atoms with E-state index < -0.39 is 11.7 Å². The molecule has 0 saturated heterocycles. The first-order chi connectivity index (χ1) is 12.2. The van der Waals surface area contributed by atoms with Crippen LogP contribution in [0.1, 0.15) is 37.3 Å². The van der Waals surface area contributed by atoms with Crippen LogP contribution in [0.4, 0.5) is 13.2 Å². The number of aromatic nitrogens is 1. The fourth-order valence-electron chi connectivity index (χ4n) is 3.82. The van der Waals surface area contributed by atoms with Crippen molar-refractivity contribution in [2.45, 2.75) is 38.5 Å². The van der Waals surface area contributed by atoms with Crippen LogP contribution < -0.4 is 4.74 Å². The van der Waals surface area contributed by atoms with Gasteiger partial charge in [0, 0.05) is 22.5 Å². The van der Waals surface area contributed by atoms with Gasteiger partial charge in [0.25, 0.3) is 0 Å². The molecule has 2 aromatic carbocycles. The highest BCUT2D eigenvalue weighted by atomic mass is 19.4. The number of nitrogens with one attached hydrogen (secondary N) is 1. The van der Waals surface area contributed by atoms with E-state index >= 15 is 0 Å². The Morgan fingerprint density at radius 1 is 1.04 bits per heavy atom. The van der Waals surface area contributed by atoms with Crippen LogP contribution in [0.25, 0.3) is 10.9 Å². The number of fused-ring (bicyclic) bond motifs is 1. The molecule has 1 heterocycles. The smallest absolute Gasteiger partial charge is 0.416 e. The van der Waals surface area contributed by atoms with Crippen molar-refractivity contribution in [3.05, 3.63) is 65.9 Å². The van der Waals surface area contributed by atoms with Crippen LogP contribution in [0.3, 0.4) is 0 Å². The largest absolute Gasteiger partial charge is 0.490 e. The van der Waals surface area contributed by atoms with Crippen molar-refractivity contribution in [2.75, 3.05) is 0 Å². The minimum atomic E-state index is -4.30. The van der Waals surface area contributed by atoms with Crippen LogP contribution in [-0.4, -0.2) is 11.1 Å². The molecule has 0 bridgehead atoms. The maximum Gasteiger partial charge on any atom is 0.416 e. The Balaban J connectivity index is 1.48. The zero-order chi connectivity index (χ0) is 18.5. The summed E-state index contributed by atoms with van der Waals surface area (Å²) in [4.78, 5) is 3.15. The third kappa shape index (κ3) is 2.85. The number of H-pyrrole nitrogens is 1. The first-order valence-electron chi connectivity index (χ1n) is 8.66. The lowest BCUT2D eigenvalue weighted by Gasteiger charge is -2.51. The fraction of sp³-hybridized carbons (Fsp3) is 0.333. The lowest BCUT2D eigenvalue weighted by Crippen LogP contribution is -2.50. The molecular weight excluding hydrogens is 339 g/mol. The maximum absolute atomic E-state index is 12.7. The van der Waals surface area contributed by atoms with E-state index in [2.05, 4.69) is 18.8 Å². The van der Waals surface area contributed by atoms with Gasteiger partial charge < -0.3 is 9.72 Å². The monoisotopic (exact) mass is 359 g/mol. The Bertz CT molecular complexity index is 924. The minimum absolute atomic E-state index is 0.0335. The summed E-state index contributed by atoms with van der Waals surface area (Å²) in [6.45, 7) is 4.22. The average molecular weight is 359 g/mol. The molecule has 2 nitrogen and oxygen atoms in total. The van der Waals surface area contributed by atoms with Gasteiger partial charge >= 0.3 is 6.18 Å². The van der Waals surface area contributed by atoms with E-state index in [9.17, 15) is 13.2 Å². The summed E-state index contributed by atoms with van der Waals surface area (Å²) in [5.41, 5.74) is 1.25. The highest BCUT2D eigenvalue weighted by molar-refractivity contribution is 5.80. The first-order valence-corrected chi connectivity index (χ1v) is 8.66. The Kier molecular flexibility index (Phi) is 3.79. The average Bonchev–Trinajstić information content (AvgIpc) is 3.05. The van der Waals surface area contributed by atoms with Crippen molar-refractivity contribution in [3.63, 3.8) is 0 Å². The molecule has 1 aromatic heterocycles. The lowest BCUT2D eigenvalue weighted by molar-refractivity contribution is -0.137. The summed E-state index contributed by atoms with van der Waals surface area (Å²) in [5, 5.41) is 1.10. The summed E-state index contributed by atoms with van der Waals surface area (Å²) in [5.74, 6) is 1.01. The minimum Gasteiger partial charge on any atom is -0.490 e. The molecule has 0 spiro atoms. The molecular formula is C21H20F3NO. The second-order valence-corrected chi connectivity index (χ2v) is 7.56. The van der Waals surface area contributed by atoms with E-state index in [0.29, 0.717) is 0 Å². The Hall–Kier alpha value is -2.43. The Morgan fingerprint density at radius 2 is 1.77 bits per heavy atom. The van der Waals surface area contributed by atoms with Crippen LogP contribution in [0.5, 0.6) is 5.75 Å². The lowest BCUT2D eigenvalue weighted by atomic mass is 9.57. The molecule has 0 aliphatic heterocycles. The van der Waals surface area contributed by atoms with Gasteiger partial charge in [-0.1, -0.05) is 26.0 Å². The summed E-state index contributed by atoms with van der Waals surface area (Å²) >= 11 is 0. The Morgan fingerprint density at radius 3 is 2.42 bits per heavy atom. The van der Waals surface area contributed by atoms with Crippen LogP contribution in [0.15, 0.2) is 54.7 Å². The molecule has 26 heavy (non-hydrogen) atoms. The first kappa shape index (κ1) is 17.0. The molecule has 0 unspecified atom stereocenters. The van der Waals surface area contributed by atoms with Gasteiger partial charge in [-0.15, -0.1) is 0 Å². The molecule has 2 atom stereocenters. The second kappa shape index (κ2) is 5.79. The third-order valence-electron chi connectivity index (χ3n) is 5.62. The van der Waals surface area contributed by atoms with Crippen LogP contribution in [0, 0.1) is 5.41 Å². The molecule has 1 saturated carbocycles. The maximum atomic E-state index is 12.7. The van der Waals surface area contributed by atoms with Gasteiger partial charge in [0.2, 0.25) is 0 Å². The van der Waals surface area contributed by atoms with E-state index in [-0.39, 0.29) is 17.4 Å². The number of alkyl halides is 3. The standard InChI is InChI=1S/C21H20F3NO/c1-20(2)17(13-3-5-15(6-4-13)21(22,23)24)12-19(20)26-16-7-8-18-14(11-16)9-10-25-18/h3-11,17,19,25H,12H2,1-2H3/t17-,19-/m1/s1. The topological polar surface area (TPSA) is 25.0 Å². The van der Waals surface area contributed by atoms with E-state index in [4.69, 9.17) is 4.74 Å². The van der Waals surface area contributed by atoms with Gasteiger partial charge in [-0.3, -0.25) is 0 Å². The number of ether oxygens (including phenoxy) is 1. The highest BCUT2D eigenvalue weighted by Crippen LogP contribution is 2.54. The number of halogens is 3. The number of benzene rings is 2. The number of hydrogen-bond donors (Lipinski definition) is 1. The molecule has 1 aliphatic rings. The quantitative estimate of drug-likeness (QED) is 0.596. The molecule has 0 radical (unpaired) electrons. The van der Waals surface area contributed by atoms with Gasteiger partial charge in [-0.2, -0.15) is 13.2 Å². The van der Waals surface area contributed by atoms with Gasteiger partial charge in [0.1, 0.15) is 11.9 Å². The predicted molar refractivity (Wildman–Crippen MR) is 95.3 cm³/mol. The van der Waals surface area contributed by atoms with Crippen molar-refractivity contribution in [1.82, 2.24) is 4.98 Å². The summed E-state index contributed by atoms with van der Waals surface area (Å²) in [7, 11) is 0. The van der Waals surface area contributed by atoms with Crippen LogP contribution >= 0.6 is 0 Å². The zero-order valence-corrected chi connectivity index (χ0v) is 14.6. The normalized spacial score (nSPS) is 22.2. The van der Waals surface area contributed by atoms with Crippen molar-refractivity contribution < 1.29 is 17.9 Å². The van der Waals surface area contributed by atoms with Crippen LogP contribution in [0.2, 0.25) is 0 Å². The van der Waals surface area contributed by atoms with Gasteiger partial charge in [-0.25, -0.2) is 0 Å². The van der Waals surface area contributed by atoms with Gasteiger partial charge in [0.15, 0.2) is 0 Å². The van der Waals surface area contributed by atoms with Crippen LogP contribution in [-0.2, 0) is 6.18 Å². The third-order valence-corrected chi connectivity index (χ3v) is 5.62. The van der Waals surface area contributed by atoms with Crippen molar-refractivity contribution in [3.8, 4) is 5.75 Å². The second-order valence-electron chi connectivity index (χ2n) is 7.56. The zero-order valence-electron chi connectivity index (χ0n) is 14.6. The molecule has 1 fully saturated rings. The Labute approximate surface area is 150 Å². The molecule has 0 amide bonds. The van der Waals surface area contributed by atoms with E-state index in [1.54, 1.807) is 12.1 Å². The fourth-order valence-corrected chi connectivity index (χ4v) is 3.82. The van der Waals surface area contributed by atoms with Crippen molar-refractivity contribution in [1.29, 1.82) is 0 Å². The summed E-state index contributed by atoms with van der Waals surface area (Å²) < 4.78 is 44.4. The van der Waals surface area contributed by atoms with E-state index in [1.165, 1.54) is 12.1 Å². The summed E-state index contributed by atoms with van der Waals surface area (Å²) in [6.07, 6.45) is -1.58. The highest BCUT2D eigenvalue weighted by Gasteiger charge is 2.50. The van der Waals surface area contributed by atoms with E-state index in [0.717, 1.165) is 28.6 Å². The predicted octanol–water partition coefficient (Wildman–Crippen LogP) is 6.15. The molecule has 4 rings (SSSR count). The van der Waals surface area contributed by atoms with Crippen molar-refractivity contribution >= 4 is 10.9 Å². The molecule has 1 aliphatic carbocycles. The molecule has 3 aromatic rings. The summed E-state index contributed by atoms with van der Waals surface area (Å²) in [6, 6.07) is 13.5. The molecule has 136 valence electrons. The molecule has 5 heteroatoms. The van der Waals surface area contributed by atoms with Gasteiger partial charge in [0.05, 0.1) is 5.56 Å². The molecule has 1 N–H and O–H groups in total. The SMILES string of the molecule is CC1(C)[C@@H](c2ccc(C(F)(F)F)cc2)C[C@H]1Oc1ccc2[nH]ccc2c1. The van der Waals surface area contributed by atoms with E-state index in [1.807, 2.05) is 30.5 Å². The number of hydrogen-bond acceptors (Lipinski definition) is 1. The van der Waals surface area contributed by atoms with Crippen molar-refractivity contribution in [2.24, 2.45) is 5.41 Å². The van der Waals surface area contributed by atoms with Gasteiger partial charge in [-0.05, 0) is 54.3 Å².